The number of benzene rings is 1. The molecule has 0 fully saturated rings. The van der Waals surface area contributed by atoms with Gasteiger partial charge in [0.25, 0.3) is 0 Å². The molecule has 3 rings (SSSR count). The molecule has 1 aliphatic rings. The van der Waals surface area contributed by atoms with Gasteiger partial charge in [0.15, 0.2) is 0 Å². The molecule has 1 radical (unpaired) electrons. The van der Waals surface area contributed by atoms with Crippen molar-refractivity contribution in [2.45, 2.75) is 6.42 Å². The van der Waals surface area contributed by atoms with Gasteiger partial charge in [0.2, 0.25) is 0 Å². The van der Waals surface area contributed by atoms with Crippen LogP contribution in [0.3, 0.4) is 0 Å². The summed E-state index contributed by atoms with van der Waals surface area (Å²) >= 11 is 1.84. The number of allylic oxidation sites excluding steroid dienone is 4. The van der Waals surface area contributed by atoms with Gasteiger partial charge in [-0.3, -0.25) is 0 Å². The van der Waals surface area contributed by atoms with Crippen LogP contribution in [0.25, 0.3) is 15.7 Å². The van der Waals surface area contributed by atoms with Gasteiger partial charge in [0, 0.05) is 9.58 Å². The molecular weight excluding hydrogens is 188 g/mol. The van der Waals surface area contributed by atoms with E-state index in [2.05, 4.69) is 48.6 Å². The summed E-state index contributed by atoms with van der Waals surface area (Å²) in [5.74, 6) is 0. The van der Waals surface area contributed by atoms with Crippen LogP contribution < -0.4 is 0 Å². The van der Waals surface area contributed by atoms with E-state index in [9.17, 15) is 0 Å². The van der Waals surface area contributed by atoms with E-state index in [4.69, 9.17) is 0 Å². The number of thiophene rings is 1. The second kappa shape index (κ2) is 3.10. The molecule has 0 saturated carbocycles. The summed E-state index contributed by atoms with van der Waals surface area (Å²) in [4.78, 5) is 1.33. The van der Waals surface area contributed by atoms with E-state index in [0.29, 0.717) is 0 Å². The van der Waals surface area contributed by atoms with Crippen molar-refractivity contribution in [3.8, 4) is 0 Å². The van der Waals surface area contributed by atoms with Crippen molar-refractivity contribution in [2.24, 2.45) is 0 Å². The fourth-order valence-corrected chi connectivity index (χ4v) is 2.75. The van der Waals surface area contributed by atoms with Gasteiger partial charge in [0.1, 0.15) is 0 Å². The first-order valence-electron chi connectivity index (χ1n) is 4.70. The van der Waals surface area contributed by atoms with Crippen LogP contribution in [0, 0.1) is 6.08 Å². The Morgan fingerprint density at radius 3 is 2.93 bits per heavy atom. The zero-order chi connectivity index (χ0) is 9.38. The molecule has 1 aliphatic carbocycles. The van der Waals surface area contributed by atoms with Gasteiger partial charge in [-0.25, -0.2) is 0 Å². The number of hydrogen-bond acceptors (Lipinski definition) is 1. The Morgan fingerprint density at radius 2 is 2.14 bits per heavy atom. The maximum atomic E-state index is 3.35. The second-order valence-electron chi connectivity index (χ2n) is 3.35. The average molecular weight is 197 g/mol. The Morgan fingerprint density at radius 1 is 1.21 bits per heavy atom. The normalized spacial score (nSPS) is 15.0. The number of rotatable bonds is 1. The lowest BCUT2D eigenvalue weighted by Crippen LogP contribution is -1.67. The third kappa shape index (κ3) is 1.21. The minimum atomic E-state index is 0.962. The third-order valence-corrected chi connectivity index (χ3v) is 3.54. The summed E-state index contributed by atoms with van der Waals surface area (Å²) in [5, 5.41) is 1.34. The van der Waals surface area contributed by atoms with Crippen molar-refractivity contribution in [3.63, 3.8) is 0 Å². The van der Waals surface area contributed by atoms with Crippen molar-refractivity contribution >= 4 is 27.0 Å². The van der Waals surface area contributed by atoms with E-state index >= 15 is 0 Å². The van der Waals surface area contributed by atoms with E-state index < -0.39 is 0 Å². The Bertz CT molecular complexity index is 496. The SMILES string of the molecule is [C]1=C(c2cc3ccccc3s2)C=CC1. The van der Waals surface area contributed by atoms with Gasteiger partial charge in [-0.15, -0.1) is 11.3 Å². The molecule has 0 spiro atoms. The highest BCUT2D eigenvalue weighted by Gasteiger charge is 2.06. The standard InChI is InChI=1S/C13H9S/c1-2-6-10(5-1)13-9-11-7-3-4-8-12(11)14-13/h1,3-5,7-9H,2H2. The minimum absolute atomic E-state index is 0.962. The molecule has 1 heterocycles. The lowest BCUT2D eigenvalue weighted by molar-refractivity contribution is 1.40. The predicted molar refractivity (Wildman–Crippen MR) is 62.2 cm³/mol. The fourth-order valence-electron chi connectivity index (χ4n) is 1.69. The molecule has 14 heavy (non-hydrogen) atoms. The highest BCUT2D eigenvalue weighted by Crippen LogP contribution is 2.32. The van der Waals surface area contributed by atoms with Crippen molar-refractivity contribution in [3.05, 3.63) is 53.4 Å². The Balaban J connectivity index is 2.19. The average Bonchev–Trinajstić information content (AvgIpc) is 2.86. The molecular formula is C13H9S. The summed E-state index contributed by atoms with van der Waals surface area (Å²) in [6.45, 7) is 0. The van der Waals surface area contributed by atoms with Crippen LogP contribution in [-0.2, 0) is 0 Å². The van der Waals surface area contributed by atoms with E-state index in [1.165, 1.54) is 20.5 Å². The van der Waals surface area contributed by atoms with Gasteiger partial charge in [-0.2, -0.15) is 0 Å². The van der Waals surface area contributed by atoms with Crippen molar-refractivity contribution < 1.29 is 0 Å². The topological polar surface area (TPSA) is 0 Å². The predicted octanol–water partition coefficient (Wildman–Crippen LogP) is 4.05. The lowest BCUT2D eigenvalue weighted by atomic mass is 10.2. The summed E-state index contributed by atoms with van der Waals surface area (Å²) < 4.78 is 1.36. The molecule has 0 N–H and O–H groups in total. The molecule has 0 nitrogen and oxygen atoms in total. The summed E-state index contributed by atoms with van der Waals surface area (Å²) in [7, 11) is 0. The van der Waals surface area contributed by atoms with E-state index in [-0.39, 0.29) is 0 Å². The second-order valence-corrected chi connectivity index (χ2v) is 4.43. The molecule has 2 aromatic rings. The van der Waals surface area contributed by atoms with Gasteiger partial charge in [-0.1, -0.05) is 30.4 Å². The third-order valence-electron chi connectivity index (χ3n) is 2.39. The maximum absolute atomic E-state index is 3.35. The van der Waals surface area contributed by atoms with Crippen LogP contribution in [0.4, 0.5) is 0 Å². The molecule has 1 heteroatoms. The molecule has 0 amide bonds. The van der Waals surface area contributed by atoms with Gasteiger partial charge in [0.05, 0.1) is 0 Å². The smallest absolute Gasteiger partial charge is 0.0358 e. The largest absolute Gasteiger partial charge is 0.135 e. The highest BCUT2D eigenvalue weighted by molar-refractivity contribution is 7.20. The zero-order valence-corrected chi connectivity index (χ0v) is 8.47. The molecule has 0 bridgehead atoms. The minimum Gasteiger partial charge on any atom is -0.135 e. The number of hydrogen-bond donors (Lipinski definition) is 0. The molecule has 1 aromatic heterocycles. The summed E-state index contributed by atoms with van der Waals surface area (Å²) in [5.41, 5.74) is 1.26. The Labute approximate surface area is 87.2 Å². The van der Waals surface area contributed by atoms with Crippen LogP contribution in [-0.4, -0.2) is 0 Å². The number of fused-ring (bicyclic) bond motifs is 1. The Kier molecular flexibility index (Phi) is 1.78. The van der Waals surface area contributed by atoms with Crippen molar-refractivity contribution in [2.75, 3.05) is 0 Å². The van der Waals surface area contributed by atoms with Crippen molar-refractivity contribution in [1.29, 1.82) is 0 Å². The monoisotopic (exact) mass is 197 g/mol. The molecule has 0 atom stereocenters. The van der Waals surface area contributed by atoms with Gasteiger partial charge >= 0.3 is 0 Å². The van der Waals surface area contributed by atoms with Crippen LogP contribution in [0.2, 0.25) is 0 Å². The fraction of sp³-hybridized carbons (Fsp3) is 0.0769. The van der Waals surface area contributed by atoms with Crippen LogP contribution in [0.1, 0.15) is 11.3 Å². The van der Waals surface area contributed by atoms with E-state index in [1.807, 2.05) is 11.3 Å². The first-order valence-corrected chi connectivity index (χ1v) is 5.51. The molecule has 0 aliphatic heterocycles. The first kappa shape index (κ1) is 8.01. The lowest BCUT2D eigenvalue weighted by Gasteiger charge is -1.89. The summed E-state index contributed by atoms with van der Waals surface area (Å²) in [6, 6.07) is 10.8. The highest BCUT2D eigenvalue weighted by atomic mass is 32.1. The van der Waals surface area contributed by atoms with Crippen LogP contribution >= 0.6 is 11.3 Å². The van der Waals surface area contributed by atoms with E-state index in [1.54, 1.807) is 0 Å². The van der Waals surface area contributed by atoms with E-state index in [0.717, 1.165) is 6.42 Å². The quantitative estimate of drug-likeness (QED) is 0.647. The van der Waals surface area contributed by atoms with Crippen molar-refractivity contribution in [1.82, 2.24) is 0 Å². The molecule has 0 saturated heterocycles. The molecule has 67 valence electrons. The first-order chi connectivity index (χ1) is 6.93. The summed E-state index contributed by atoms with van der Waals surface area (Å²) in [6.07, 6.45) is 8.62. The van der Waals surface area contributed by atoms with Crippen LogP contribution in [0.5, 0.6) is 0 Å². The van der Waals surface area contributed by atoms with Gasteiger partial charge < -0.3 is 0 Å². The van der Waals surface area contributed by atoms with Crippen LogP contribution in [0.15, 0.2) is 42.5 Å². The molecule has 0 unspecified atom stereocenters. The molecule has 1 aromatic carbocycles. The zero-order valence-electron chi connectivity index (χ0n) is 7.66. The maximum Gasteiger partial charge on any atom is 0.0358 e. The van der Waals surface area contributed by atoms with Gasteiger partial charge in [-0.05, 0) is 35.6 Å². The Hall–Kier alpha value is -1.34.